The van der Waals surface area contributed by atoms with Gasteiger partial charge in [0.2, 0.25) is 0 Å². The largest absolute Gasteiger partial charge is 0.495 e. The van der Waals surface area contributed by atoms with Gasteiger partial charge in [-0.25, -0.2) is 9.18 Å². The zero-order valence-electron chi connectivity index (χ0n) is 11.0. The number of anilines is 1. The van der Waals surface area contributed by atoms with Crippen LogP contribution in [0.2, 0.25) is 0 Å². The van der Waals surface area contributed by atoms with Crippen molar-refractivity contribution in [1.82, 2.24) is 5.32 Å². The Balaban J connectivity index is 1.91. The molecule has 0 aliphatic heterocycles. The SMILES string of the molecule is COc1ccccc1NC(=O)NCc1ccc(F)cc1. The van der Waals surface area contributed by atoms with Gasteiger partial charge < -0.3 is 15.4 Å². The summed E-state index contributed by atoms with van der Waals surface area (Å²) in [7, 11) is 1.54. The number of carbonyl (C=O) groups excluding carboxylic acids is 1. The van der Waals surface area contributed by atoms with Crippen LogP contribution in [0.1, 0.15) is 5.56 Å². The maximum atomic E-state index is 12.7. The topological polar surface area (TPSA) is 50.4 Å². The molecule has 2 aromatic carbocycles. The Labute approximate surface area is 116 Å². The summed E-state index contributed by atoms with van der Waals surface area (Å²) in [6.45, 7) is 0.321. The highest BCUT2D eigenvalue weighted by atomic mass is 19.1. The molecular formula is C15H15FN2O2. The Bertz CT molecular complexity index is 585. The third-order valence-corrected chi connectivity index (χ3v) is 2.72. The van der Waals surface area contributed by atoms with Gasteiger partial charge >= 0.3 is 6.03 Å². The molecule has 0 aliphatic rings. The van der Waals surface area contributed by atoms with Crippen LogP contribution in [0.4, 0.5) is 14.9 Å². The zero-order chi connectivity index (χ0) is 14.4. The van der Waals surface area contributed by atoms with Crippen molar-refractivity contribution >= 4 is 11.7 Å². The number of halogens is 1. The molecule has 0 spiro atoms. The Morgan fingerprint density at radius 2 is 1.85 bits per heavy atom. The minimum atomic E-state index is -0.348. The smallest absolute Gasteiger partial charge is 0.319 e. The lowest BCUT2D eigenvalue weighted by molar-refractivity contribution is 0.251. The van der Waals surface area contributed by atoms with Gasteiger partial charge in [-0.05, 0) is 29.8 Å². The van der Waals surface area contributed by atoms with Gasteiger partial charge in [0, 0.05) is 6.54 Å². The summed E-state index contributed by atoms with van der Waals surface area (Å²) in [6.07, 6.45) is 0. The highest BCUT2D eigenvalue weighted by Gasteiger charge is 2.06. The molecule has 0 atom stereocenters. The van der Waals surface area contributed by atoms with Gasteiger partial charge in [0.25, 0.3) is 0 Å². The summed E-state index contributed by atoms with van der Waals surface area (Å²) in [5.41, 5.74) is 1.41. The van der Waals surface area contributed by atoms with E-state index in [0.717, 1.165) is 5.56 Å². The minimum Gasteiger partial charge on any atom is -0.495 e. The van der Waals surface area contributed by atoms with Gasteiger partial charge in [0.05, 0.1) is 12.8 Å². The first-order valence-corrected chi connectivity index (χ1v) is 6.11. The monoisotopic (exact) mass is 274 g/mol. The van der Waals surface area contributed by atoms with E-state index in [1.54, 1.807) is 30.3 Å². The molecule has 2 aromatic rings. The number of methoxy groups -OCH3 is 1. The number of para-hydroxylation sites is 2. The van der Waals surface area contributed by atoms with Crippen molar-refractivity contribution in [3.8, 4) is 5.75 Å². The molecule has 2 N–H and O–H groups in total. The van der Waals surface area contributed by atoms with Crippen molar-refractivity contribution in [1.29, 1.82) is 0 Å². The van der Waals surface area contributed by atoms with Gasteiger partial charge in [-0.3, -0.25) is 0 Å². The lowest BCUT2D eigenvalue weighted by Crippen LogP contribution is -2.28. The second kappa shape index (κ2) is 6.56. The van der Waals surface area contributed by atoms with Crippen LogP contribution in [0.5, 0.6) is 5.75 Å². The second-order valence-electron chi connectivity index (χ2n) is 4.13. The number of rotatable bonds is 4. The predicted octanol–water partition coefficient (Wildman–Crippen LogP) is 3.16. The van der Waals surface area contributed by atoms with Crippen LogP contribution < -0.4 is 15.4 Å². The third kappa shape index (κ3) is 3.71. The highest BCUT2D eigenvalue weighted by Crippen LogP contribution is 2.22. The Morgan fingerprint density at radius 3 is 2.55 bits per heavy atom. The van der Waals surface area contributed by atoms with Crippen molar-refractivity contribution < 1.29 is 13.9 Å². The molecular weight excluding hydrogens is 259 g/mol. The number of nitrogens with one attached hydrogen (secondary N) is 2. The lowest BCUT2D eigenvalue weighted by Gasteiger charge is -2.10. The van der Waals surface area contributed by atoms with E-state index in [2.05, 4.69) is 10.6 Å². The minimum absolute atomic E-state index is 0.299. The summed E-state index contributed by atoms with van der Waals surface area (Å²) in [5.74, 6) is 0.289. The molecule has 0 radical (unpaired) electrons. The maximum Gasteiger partial charge on any atom is 0.319 e. The summed E-state index contributed by atoms with van der Waals surface area (Å²) < 4.78 is 17.9. The van der Waals surface area contributed by atoms with E-state index in [1.165, 1.54) is 19.2 Å². The maximum absolute atomic E-state index is 12.7. The van der Waals surface area contributed by atoms with Gasteiger partial charge in [0.1, 0.15) is 11.6 Å². The number of hydrogen-bond acceptors (Lipinski definition) is 2. The van der Waals surface area contributed by atoms with E-state index in [-0.39, 0.29) is 11.8 Å². The summed E-state index contributed by atoms with van der Waals surface area (Å²) in [4.78, 5) is 11.8. The van der Waals surface area contributed by atoms with Gasteiger partial charge in [-0.2, -0.15) is 0 Å². The van der Waals surface area contributed by atoms with Gasteiger partial charge in [-0.15, -0.1) is 0 Å². The number of hydrogen-bond donors (Lipinski definition) is 2. The number of carbonyl (C=O) groups is 1. The molecule has 0 saturated carbocycles. The van der Waals surface area contributed by atoms with Crippen molar-refractivity contribution in [2.75, 3.05) is 12.4 Å². The van der Waals surface area contributed by atoms with Crippen LogP contribution in [0, 0.1) is 5.82 Å². The average Bonchev–Trinajstić information content (AvgIpc) is 2.47. The number of ether oxygens (including phenoxy) is 1. The van der Waals surface area contributed by atoms with Crippen LogP contribution >= 0.6 is 0 Å². The summed E-state index contributed by atoms with van der Waals surface area (Å²) >= 11 is 0. The van der Waals surface area contributed by atoms with Gasteiger partial charge in [0.15, 0.2) is 0 Å². The average molecular weight is 274 g/mol. The Morgan fingerprint density at radius 1 is 1.15 bits per heavy atom. The first-order valence-electron chi connectivity index (χ1n) is 6.11. The number of urea groups is 1. The first-order chi connectivity index (χ1) is 9.69. The fourth-order valence-corrected chi connectivity index (χ4v) is 1.70. The zero-order valence-corrected chi connectivity index (χ0v) is 11.0. The van der Waals surface area contributed by atoms with Crippen LogP contribution in [0.15, 0.2) is 48.5 Å². The molecule has 0 fully saturated rings. The van der Waals surface area contributed by atoms with Crippen LogP contribution in [-0.4, -0.2) is 13.1 Å². The standard InChI is InChI=1S/C15H15FN2O2/c1-20-14-5-3-2-4-13(14)18-15(19)17-10-11-6-8-12(16)9-7-11/h2-9H,10H2,1H3,(H2,17,18,19). The molecule has 20 heavy (non-hydrogen) atoms. The molecule has 0 heterocycles. The van der Waals surface area contributed by atoms with Gasteiger partial charge in [-0.1, -0.05) is 24.3 Å². The molecule has 2 amide bonds. The molecule has 4 nitrogen and oxygen atoms in total. The Hall–Kier alpha value is -2.56. The molecule has 0 aromatic heterocycles. The fourth-order valence-electron chi connectivity index (χ4n) is 1.70. The summed E-state index contributed by atoms with van der Waals surface area (Å²) in [5, 5.41) is 5.38. The van der Waals surface area contributed by atoms with Crippen LogP contribution in [0.3, 0.4) is 0 Å². The van der Waals surface area contributed by atoms with E-state index in [0.29, 0.717) is 18.0 Å². The van der Waals surface area contributed by atoms with E-state index < -0.39 is 0 Å². The number of benzene rings is 2. The van der Waals surface area contributed by atoms with E-state index in [1.807, 2.05) is 6.07 Å². The second-order valence-corrected chi connectivity index (χ2v) is 4.13. The van der Waals surface area contributed by atoms with E-state index in [4.69, 9.17) is 4.74 Å². The number of amides is 2. The predicted molar refractivity (Wildman–Crippen MR) is 75.3 cm³/mol. The third-order valence-electron chi connectivity index (χ3n) is 2.72. The van der Waals surface area contributed by atoms with Crippen molar-refractivity contribution in [3.63, 3.8) is 0 Å². The van der Waals surface area contributed by atoms with Crippen molar-refractivity contribution in [2.24, 2.45) is 0 Å². The normalized spacial score (nSPS) is 9.90. The van der Waals surface area contributed by atoms with E-state index in [9.17, 15) is 9.18 Å². The Kier molecular flexibility index (Phi) is 4.55. The molecule has 0 saturated heterocycles. The van der Waals surface area contributed by atoms with Crippen LogP contribution in [0.25, 0.3) is 0 Å². The highest BCUT2D eigenvalue weighted by molar-refractivity contribution is 5.90. The molecule has 104 valence electrons. The molecule has 0 aliphatic carbocycles. The lowest BCUT2D eigenvalue weighted by atomic mass is 10.2. The van der Waals surface area contributed by atoms with Crippen LogP contribution in [-0.2, 0) is 6.54 Å². The summed E-state index contributed by atoms with van der Waals surface area (Å²) in [6, 6.07) is 12.7. The molecule has 0 bridgehead atoms. The van der Waals surface area contributed by atoms with Crippen molar-refractivity contribution in [2.45, 2.75) is 6.54 Å². The van der Waals surface area contributed by atoms with E-state index >= 15 is 0 Å². The van der Waals surface area contributed by atoms with Crippen molar-refractivity contribution in [3.05, 3.63) is 59.9 Å². The quantitative estimate of drug-likeness (QED) is 0.899. The molecule has 2 rings (SSSR count). The first kappa shape index (κ1) is 13.9. The fraction of sp³-hybridized carbons (Fsp3) is 0.133. The molecule has 0 unspecified atom stereocenters. The molecule has 5 heteroatoms.